The summed E-state index contributed by atoms with van der Waals surface area (Å²) in [7, 11) is 0. The monoisotopic (exact) mass is 416 g/mol. The van der Waals surface area contributed by atoms with Crippen LogP contribution in [0.15, 0.2) is 84.6 Å². The average molecular weight is 416 g/mol. The fourth-order valence-corrected chi connectivity index (χ4v) is 2.77. The summed E-state index contributed by atoms with van der Waals surface area (Å²) in [5.74, 6) is -0.978. The van der Waals surface area contributed by atoms with Gasteiger partial charge in [0.25, 0.3) is 17.5 Å². The van der Waals surface area contributed by atoms with Gasteiger partial charge < -0.3 is 16.4 Å². The smallest absolute Gasteiger partial charge is 0.269 e. The van der Waals surface area contributed by atoms with Gasteiger partial charge in [0.1, 0.15) is 5.70 Å². The predicted molar refractivity (Wildman–Crippen MR) is 118 cm³/mol. The van der Waals surface area contributed by atoms with Crippen LogP contribution in [0.4, 0.5) is 11.4 Å². The highest BCUT2D eigenvalue weighted by Crippen LogP contribution is 2.15. The molecule has 0 aliphatic rings. The highest BCUT2D eigenvalue weighted by Gasteiger charge is 2.15. The minimum absolute atomic E-state index is 0.00258. The Morgan fingerprint density at radius 1 is 0.935 bits per heavy atom. The van der Waals surface area contributed by atoms with E-state index in [1.165, 1.54) is 30.3 Å². The van der Waals surface area contributed by atoms with Gasteiger partial charge in [-0.15, -0.1) is 0 Å². The molecule has 31 heavy (non-hydrogen) atoms. The molecule has 0 aliphatic carbocycles. The van der Waals surface area contributed by atoms with Gasteiger partial charge in [0.2, 0.25) is 0 Å². The quantitative estimate of drug-likeness (QED) is 0.236. The SMILES string of the molecule is Nc1ccccc1CNC(=O)/C(=C/c1ccc([N+](=O)[O-])cc1)NC(=O)c1ccccc1. The van der Waals surface area contributed by atoms with E-state index in [2.05, 4.69) is 10.6 Å². The number of hydrogen-bond donors (Lipinski definition) is 3. The third-order valence-electron chi connectivity index (χ3n) is 4.44. The molecule has 0 bridgehead atoms. The lowest BCUT2D eigenvalue weighted by Gasteiger charge is -2.12. The lowest BCUT2D eigenvalue weighted by molar-refractivity contribution is -0.384. The van der Waals surface area contributed by atoms with Gasteiger partial charge in [0.05, 0.1) is 4.92 Å². The van der Waals surface area contributed by atoms with Crippen molar-refractivity contribution in [2.24, 2.45) is 0 Å². The van der Waals surface area contributed by atoms with Gasteiger partial charge in [-0.25, -0.2) is 0 Å². The zero-order valence-corrected chi connectivity index (χ0v) is 16.4. The molecule has 0 saturated heterocycles. The summed E-state index contributed by atoms with van der Waals surface area (Å²) < 4.78 is 0. The number of rotatable bonds is 7. The Labute approximate surface area is 178 Å². The van der Waals surface area contributed by atoms with E-state index >= 15 is 0 Å². The van der Waals surface area contributed by atoms with Crippen molar-refractivity contribution >= 4 is 29.3 Å². The molecular weight excluding hydrogens is 396 g/mol. The van der Waals surface area contributed by atoms with Gasteiger partial charge in [-0.2, -0.15) is 0 Å². The zero-order chi connectivity index (χ0) is 22.2. The molecule has 8 heteroatoms. The van der Waals surface area contributed by atoms with E-state index < -0.39 is 16.7 Å². The first-order chi connectivity index (χ1) is 14.9. The Morgan fingerprint density at radius 2 is 1.58 bits per heavy atom. The van der Waals surface area contributed by atoms with Crippen LogP contribution in [-0.4, -0.2) is 16.7 Å². The maximum atomic E-state index is 12.8. The summed E-state index contributed by atoms with van der Waals surface area (Å²) >= 11 is 0. The van der Waals surface area contributed by atoms with Crippen molar-refractivity contribution in [3.05, 3.63) is 111 Å². The lowest BCUT2D eigenvalue weighted by Crippen LogP contribution is -2.34. The number of nitro benzene ring substituents is 1. The van der Waals surface area contributed by atoms with Crippen LogP contribution in [0, 0.1) is 10.1 Å². The number of benzene rings is 3. The maximum Gasteiger partial charge on any atom is 0.269 e. The van der Waals surface area contributed by atoms with E-state index in [1.54, 1.807) is 48.5 Å². The topological polar surface area (TPSA) is 127 Å². The van der Waals surface area contributed by atoms with Crippen molar-refractivity contribution in [1.29, 1.82) is 0 Å². The Bertz CT molecular complexity index is 1130. The van der Waals surface area contributed by atoms with Gasteiger partial charge in [-0.3, -0.25) is 19.7 Å². The Balaban J connectivity index is 1.83. The van der Waals surface area contributed by atoms with Gasteiger partial charge in [-0.1, -0.05) is 36.4 Å². The number of carbonyl (C=O) groups is 2. The second kappa shape index (κ2) is 9.84. The normalized spacial score (nSPS) is 10.9. The van der Waals surface area contributed by atoms with Gasteiger partial charge in [0.15, 0.2) is 0 Å². The highest BCUT2D eigenvalue weighted by molar-refractivity contribution is 6.05. The molecule has 3 aromatic rings. The average Bonchev–Trinajstić information content (AvgIpc) is 2.78. The lowest BCUT2D eigenvalue weighted by atomic mass is 10.1. The van der Waals surface area contributed by atoms with Gasteiger partial charge in [-0.05, 0) is 47.5 Å². The third kappa shape index (κ3) is 5.77. The molecular formula is C23H20N4O4. The molecule has 0 spiro atoms. The van der Waals surface area contributed by atoms with Crippen molar-refractivity contribution in [1.82, 2.24) is 10.6 Å². The second-order valence-corrected chi connectivity index (χ2v) is 6.61. The standard InChI is InChI=1S/C23H20N4O4/c24-20-9-5-4-8-18(20)15-25-23(29)21(26-22(28)17-6-2-1-3-7-17)14-16-10-12-19(13-11-16)27(30)31/h1-14H,15,24H2,(H,25,29)(H,26,28)/b21-14-. The summed E-state index contributed by atoms with van der Waals surface area (Å²) in [4.78, 5) is 35.8. The molecule has 0 saturated carbocycles. The number of nitrogens with zero attached hydrogens (tertiary/aromatic N) is 1. The minimum Gasteiger partial charge on any atom is -0.398 e. The van der Waals surface area contributed by atoms with E-state index in [0.717, 1.165) is 5.56 Å². The summed E-state index contributed by atoms with van der Waals surface area (Å²) in [6.07, 6.45) is 1.45. The van der Waals surface area contributed by atoms with Crippen molar-refractivity contribution < 1.29 is 14.5 Å². The molecule has 3 rings (SSSR count). The summed E-state index contributed by atoms with van der Waals surface area (Å²) in [6, 6.07) is 21.2. The first-order valence-electron chi connectivity index (χ1n) is 9.38. The van der Waals surface area contributed by atoms with Crippen LogP contribution < -0.4 is 16.4 Å². The Morgan fingerprint density at radius 3 is 2.23 bits per heavy atom. The van der Waals surface area contributed by atoms with E-state index in [-0.39, 0.29) is 17.9 Å². The molecule has 8 nitrogen and oxygen atoms in total. The molecule has 0 aromatic heterocycles. The largest absolute Gasteiger partial charge is 0.398 e. The number of anilines is 1. The number of non-ortho nitro benzene ring substituents is 1. The molecule has 0 unspecified atom stereocenters. The summed E-state index contributed by atoms with van der Waals surface area (Å²) in [6.45, 7) is 0.171. The fraction of sp³-hybridized carbons (Fsp3) is 0.0435. The van der Waals surface area contributed by atoms with Crippen LogP contribution in [0.2, 0.25) is 0 Å². The molecule has 2 amide bonds. The number of carbonyl (C=O) groups excluding carboxylic acids is 2. The number of nitrogens with one attached hydrogen (secondary N) is 2. The van der Waals surface area contributed by atoms with Crippen LogP contribution >= 0.6 is 0 Å². The van der Waals surface area contributed by atoms with Crippen LogP contribution in [0.3, 0.4) is 0 Å². The van der Waals surface area contributed by atoms with Crippen molar-refractivity contribution in [3.63, 3.8) is 0 Å². The number of hydrogen-bond acceptors (Lipinski definition) is 5. The third-order valence-corrected chi connectivity index (χ3v) is 4.44. The van der Waals surface area contributed by atoms with Crippen LogP contribution in [-0.2, 0) is 11.3 Å². The molecule has 0 atom stereocenters. The summed E-state index contributed by atoms with van der Waals surface area (Å²) in [5.41, 5.74) is 8.01. The molecule has 4 N–H and O–H groups in total. The summed E-state index contributed by atoms with van der Waals surface area (Å²) in [5, 5.41) is 16.2. The van der Waals surface area contributed by atoms with Crippen LogP contribution in [0.1, 0.15) is 21.5 Å². The van der Waals surface area contributed by atoms with E-state index in [0.29, 0.717) is 16.8 Å². The van der Waals surface area contributed by atoms with E-state index in [9.17, 15) is 19.7 Å². The molecule has 156 valence electrons. The Kier molecular flexibility index (Phi) is 6.74. The second-order valence-electron chi connectivity index (χ2n) is 6.61. The molecule has 0 radical (unpaired) electrons. The minimum atomic E-state index is -0.522. The zero-order valence-electron chi connectivity index (χ0n) is 16.4. The molecule has 0 fully saturated rings. The Hall–Kier alpha value is -4.46. The first kappa shape index (κ1) is 21.3. The van der Waals surface area contributed by atoms with Gasteiger partial charge >= 0.3 is 0 Å². The first-order valence-corrected chi connectivity index (χ1v) is 9.38. The maximum absolute atomic E-state index is 12.8. The van der Waals surface area contributed by atoms with E-state index in [1.807, 2.05) is 6.07 Å². The van der Waals surface area contributed by atoms with Crippen molar-refractivity contribution in [3.8, 4) is 0 Å². The number of para-hydroxylation sites is 1. The highest BCUT2D eigenvalue weighted by atomic mass is 16.6. The van der Waals surface area contributed by atoms with Crippen molar-refractivity contribution in [2.45, 2.75) is 6.54 Å². The van der Waals surface area contributed by atoms with Crippen molar-refractivity contribution in [2.75, 3.05) is 5.73 Å². The van der Waals surface area contributed by atoms with Gasteiger partial charge in [0, 0.05) is 29.9 Å². The predicted octanol–water partition coefficient (Wildman–Crippen LogP) is 3.26. The van der Waals surface area contributed by atoms with Crippen LogP contribution in [0.5, 0.6) is 0 Å². The van der Waals surface area contributed by atoms with Crippen LogP contribution in [0.25, 0.3) is 6.08 Å². The molecule has 3 aromatic carbocycles. The van der Waals surface area contributed by atoms with E-state index in [4.69, 9.17) is 5.73 Å². The number of nitro groups is 1. The number of nitrogen functional groups attached to an aromatic ring is 1. The number of amides is 2. The number of nitrogens with two attached hydrogens (primary N) is 1. The fourth-order valence-electron chi connectivity index (χ4n) is 2.77. The molecule has 0 heterocycles. The molecule has 0 aliphatic heterocycles.